The maximum Gasteiger partial charge on any atom is 0.373 e. The highest BCUT2D eigenvalue weighted by Crippen LogP contribution is 2.25. The summed E-state index contributed by atoms with van der Waals surface area (Å²) in [6, 6.07) is 10.9. The molecule has 0 spiro atoms. The van der Waals surface area contributed by atoms with E-state index in [-0.39, 0.29) is 11.8 Å². The van der Waals surface area contributed by atoms with Crippen LogP contribution in [0.2, 0.25) is 0 Å². The topological polar surface area (TPSA) is 60.7 Å². The van der Waals surface area contributed by atoms with Gasteiger partial charge in [-0.15, -0.1) is 0 Å². The average molecular weight is 275 g/mol. The van der Waals surface area contributed by atoms with Crippen molar-refractivity contribution in [3.05, 3.63) is 53.5 Å². The second-order valence-electron chi connectivity index (χ2n) is 4.19. The van der Waals surface area contributed by atoms with Crippen LogP contribution >= 0.6 is 0 Å². The number of nitrogens with one attached hydrogen (secondary N) is 1. The van der Waals surface area contributed by atoms with Crippen LogP contribution in [0.25, 0.3) is 0 Å². The summed E-state index contributed by atoms with van der Waals surface area (Å²) in [5.41, 5.74) is 1.01. The van der Waals surface area contributed by atoms with Crippen molar-refractivity contribution in [2.24, 2.45) is 0 Å². The smallest absolute Gasteiger partial charge is 0.373 e. The van der Waals surface area contributed by atoms with Gasteiger partial charge in [-0.2, -0.15) is 0 Å². The predicted molar refractivity (Wildman–Crippen MR) is 73.9 cm³/mol. The highest BCUT2D eigenvalue weighted by atomic mass is 16.5. The third kappa shape index (κ3) is 2.83. The number of benzene rings is 1. The summed E-state index contributed by atoms with van der Waals surface area (Å²) in [6.07, 6.45) is 0. The number of esters is 1. The average Bonchev–Trinajstić information content (AvgIpc) is 2.97. The Morgan fingerprint density at radius 2 is 1.85 bits per heavy atom. The van der Waals surface area contributed by atoms with Crippen molar-refractivity contribution in [1.29, 1.82) is 0 Å². The molecule has 0 aliphatic heterocycles. The van der Waals surface area contributed by atoms with Crippen molar-refractivity contribution < 1.29 is 18.7 Å². The van der Waals surface area contributed by atoms with Gasteiger partial charge in [-0.1, -0.05) is 12.1 Å². The van der Waals surface area contributed by atoms with Gasteiger partial charge in [-0.25, -0.2) is 4.79 Å². The van der Waals surface area contributed by atoms with E-state index in [2.05, 4.69) is 10.1 Å². The first-order chi connectivity index (χ1) is 9.69. The molecule has 1 N–H and O–H groups in total. The van der Waals surface area contributed by atoms with Gasteiger partial charge in [0.15, 0.2) is 0 Å². The monoisotopic (exact) mass is 275 g/mol. The highest BCUT2D eigenvalue weighted by Gasteiger charge is 2.19. The number of ether oxygens (including phenoxy) is 2. The number of hydrogen-bond acceptors (Lipinski definition) is 5. The summed E-state index contributed by atoms with van der Waals surface area (Å²) in [5, 5.41) is 3.16. The van der Waals surface area contributed by atoms with Crippen LogP contribution in [-0.2, 0) is 4.74 Å². The number of rotatable bonds is 5. The van der Waals surface area contributed by atoms with Gasteiger partial charge in [0.2, 0.25) is 5.76 Å². The summed E-state index contributed by atoms with van der Waals surface area (Å²) in [5.74, 6) is 1.15. The first kappa shape index (κ1) is 14.1. The quantitative estimate of drug-likeness (QED) is 0.849. The zero-order valence-electron chi connectivity index (χ0n) is 11.7. The Balaban J connectivity index is 2.26. The van der Waals surface area contributed by atoms with E-state index in [1.807, 2.05) is 31.3 Å². The molecule has 0 radical (unpaired) electrons. The molecule has 1 aromatic heterocycles. The van der Waals surface area contributed by atoms with E-state index in [1.54, 1.807) is 19.2 Å². The standard InChI is InChI=1S/C15H17NO4/c1-16-14(10-4-6-11(18-2)7-5-10)12-8-9-13(20-12)15(17)19-3/h4-9,14,16H,1-3H3. The molecule has 2 rings (SSSR count). The fourth-order valence-corrected chi connectivity index (χ4v) is 1.99. The molecule has 1 unspecified atom stereocenters. The van der Waals surface area contributed by atoms with Crippen LogP contribution in [0.3, 0.4) is 0 Å². The van der Waals surface area contributed by atoms with Gasteiger partial charge in [0, 0.05) is 0 Å². The maximum atomic E-state index is 11.4. The normalized spacial score (nSPS) is 11.9. The van der Waals surface area contributed by atoms with Gasteiger partial charge in [0.05, 0.1) is 20.3 Å². The molecule has 0 bridgehead atoms. The third-order valence-electron chi connectivity index (χ3n) is 3.04. The van der Waals surface area contributed by atoms with E-state index in [9.17, 15) is 4.79 Å². The molecule has 0 fully saturated rings. The predicted octanol–water partition coefficient (Wildman–Crippen LogP) is 2.38. The lowest BCUT2D eigenvalue weighted by atomic mass is 10.0. The van der Waals surface area contributed by atoms with E-state index < -0.39 is 5.97 Å². The molecule has 0 aliphatic rings. The van der Waals surface area contributed by atoms with Crippen LogP contribution in [0.15, 0.2) is 40.8 Å². The molecule has 106 valence electrons. The Morgan fingerprint density at radius 3 is 2.40 bits per heavy atom. The number of methoxy groups -OCH3 is 2. The molecular formula is C15H17NO4. The molecule has 0 amide bonds. The fraction of sp³-hybridized carbons (Fsp3) is 0.267. The summed E-state index contributed by atoms with van der Waals surface area (Å²) < 4.78 is 15.3. The van der Waals surface area contributed by atoms with Gasteiger partial charge in [0.25, 0.3) is 0 Å². The first-order valence-electron chi connectivity index (χ1n) is 6.19. The fourth-order valence-electron chi connectivity index (χ4n) is 1.99. The van der Waals surface area contributed by atoms with E-state index in [1.165, 1.54) is 7.11 Å². The summed E-state index contributed by atoms with van der Waals surface area (Å²) >= 11 is 0. The molecule has 1 aromatic carbocycles. The summed E-state index contributed by atoms with van der Waals surface area (Å²) in [6.45, 7) is 0. The zero-order chi connectivity index (χ0) is 14.5. The lowest BCUT2D eigenvalue weighted by molar-refractivity contribution is 0.0562. The van der Waals surface area contributed by atoms with E-state index >= 15 is 0 Å². The van der Waals surface area contributed by atoms with Crippen molar-refractivity contribution in [2.45, 2.75) is 6.04 Å². The first-order valence-corrected chi connectivity index (χ1v) is 6.19. The van der Waals surface area contributed by atoms with Crippen LogP contribution in [-0.4, -0.2) is 27.2 Å². The molecule has 1 heterocycles. The van der Waals surface area contributed by atoms with Crippen LogP contribution in [0.5, 0.6) is 5.75 Å². The molecule has 20 heavy (non-hydrogen) atoms. The molecule has 0 saturated heterocycles. The number of carbonyl (C=O) groups excluding carboxylic acids is 1. The lowest BCUT2D eigenvalue weighted by Gasteiger charge is -2.14. The van der Waals surface area contributed by atoms with E-state index in [0.29, 0.717) is 5.76 Å². The Bertz CT molecular complexity index is 574. The summed E-state index contributed by atoms with van der Waals surface area (Å²) in [7, 11) is 4.78. The van der Waals surface area contributed by atoms with Gasteiger partial charge >= 0.3 is 5.97 Å². The zero-order valence-corrected chi connectivity index (χ0v) is 11.7. The van der Waals surface area contributed by atoms with Crippen molar-refractivity contribution in [3.8, 4) is 5.75 Å². The summed E-state index contributed by atoms with van der Waals surface area (Å²) in [4.78, 5) is 11.4. The molecule has 1 atom stereocenters. The minimum atomic E-state index is -0.485. The van der Waals surface area contributed by atoms with Crippen LogP contribution in [0.4, 0.5) is 0 Å². The Kier molecular flexibility index (Phi) is 4.42. The van der Waals surface area contributed by atoms with Crippen molar-refractivity contribution >= 4 is 5.97 Å². The Morgan fingerprint density at radius 1 is 1.15 bits per heavy atom. The van der Waals surface area contributed by atoms with Gasteiger partial charge in [-0.05, 0) is 36.9 Å². The van der Waals surface area contributed by atoms with Crippen molar-refractivity contribution in [1.82, 2.24) is 5.32 Å². The molecular weight excluding hydrogens is 258 g/mol. The van der Waals surface area contributed by atoms with Gasteiger partial charge < -0.3 is 19.2 Å². The van der Waals surface area contributed by atoms with E-state index in [0.717, 1.165) is 11.3 Å². The molecule has 5 heteroatoms. The molecule has 5 nitrogen and oxygen atoms in total. The van der Waals surface area contributed by atoms with Gasteiger partial charge in [-0.3, -0.25) is 0 Å². The largest absolute Gasteiger partial charge is 0.497 e. The minimum Gasteiger partial charge on any atom is -0.497 e. The van der Waals surface area contributed by atoms with E-state index in [4.69, 9.17) is 9.15 Å². The maximum absolute atomic E-state index is 11.4. The lowest BCUT2D eigenvalue weighted by Crippen LogP contribution is -2.17. The van der Waals surface area contributed by atoms with Crippen LogP contribution < -0.4 is 10.1 Å². The van der Waals surface area contributed by atoms with Crippen LogP contribution in [0.1, 0.15) is 27.9 Å². The minimum absolute atomic E-state index is 0.140. The molecule has 2 aromatic rings. The third-order valence-corrected chi connectivity index (χ3v) is 3.04. The Labute approximate surface area is 117 Å². The second kappa shape index (κ2) is 6.25. The number of carbonyl (C=O) groups is 1. The molecule has 0 aliphatic carbocycles. The van der Waals surface area contributed by atoms with Gasteiger partial charge in [0.1, 0.15) is 11.5 Å². The highest BCUT2D eigenvalue weighted by molar-refractivity contribution is 5.86. The van der Waals surface area contributed by atoms with Crippen molar-refractivity contribution in [3.63, 3.8) is 0 Å². The molecule has 0 saturated carbocycles. The SMILES string of the molecule is CNC(c1ccc(OC)cc1)c1ccc(C(=O)OC)o1. The van der Waals surface area contributed by atoms with Crippen molar-refractivity contribution in [2.75, 3.05) is 21.3 Å². The van der Waals surface area contributed by atoms with Crippen LogP contribution in [0, 0.1) is 0 Å². The number of furan rings is 1. The Hall–Kier alpha value is -2.27. The number of hydrogen-bond donors (Lipinski definition) is 1. The second-order valence-corrected chi connectivity index (χ2v) is 4.19.